The first-order chi connectivity index (χ1) is 13.9. The van der Waals surface area contributed by atoms with Gasteiger partial charge in [0.05, 0.1) is 12.5 Å². The van der Waals surface area contributed by atoms with Crippen LogP contribution in [-0.2, 0) is 24.0 Å². The number of carboxylic acids is 2. The lowest BCUT2D eigenvalue weighted by molar-refractivity contribution is -0.147. The second-order valence-electron chi connectivity index (χ2n) is 8.19. The van der Waals surface area contributed by atoms with Crippen molar-refractivity contribution in [3.05, 3.63) is 0 Å². The van der Waals surface area contributed by atoms with Gasteiger partial charge in [-0.25, -0.2) is 4.79 Å². The van der Waals surface area contributed by atoms with Crippen LogP contribution in [0.4, 0.5) is 0 Å². The molecule has 1 fully saturated rings. The molecular formula is C19H32N4O7. The van der Waals surface area contributed by atoms with Crippen LogP contribution >= 0.6 is 0 Å². The summed E-state index contributed by atoms with van der Waals surface area (Å²) < 4.78 is 0. The first-order valence-corrected chi connectivity index (χ1v) is 9.98. The molecule has 1 saturated heterocycles. The van der Waals surface area contributed by atoms with Gasteiger partial charge in [-0.15, -0.1) is 0 Å². The van der Waals surface area contributed by atoms with Crippen molar-refractivity contribution in [1.82, 2.24) is 15.5 Å². The van der Waals surface area contributed by atoms with Crippen LogP contribution in [0.3, 0.4) is 0 Å². The summed E-state index contributed by atoms with van der Waals surface area (Å²) in [6.45, 7) is 6.91. The molecule has 4 unspecified atom stereocenters. The number of amides is 3. The van der Waals surface area contributed by atoms with Crippen molar-refractivity contribution in [2.75, 3.05) is 6.54 Å². The summed E-state index contributed by atoms with van der Waals surface area (Å²) in [7, 11) is 0. The molecule has 1 rings (SSSR count). The van der Waals surface area contributed by atoms with Crippen LogP contribution < -0.4 is 16.4 Å². The van der Waals surface area contributed by atoms with E-state index in [1.165, 1.54) is 4.90 Å². The van der Waals surface area contributed by atoms with Gasteiger partial charge >= 0.3 is 11.9 Å². The Bertz CT molecular complexity index is 680. The molecular weight excluding hydrogens is 396 g/mol. The van der Waals surface area contributed by atoms with Crippen molar-refractivity contribution in [1.29, 1.82) is 0 Å². The number of hydrogen-bond donors (Lipinski definition) is 5. The lowest BCUT2D eigenvalue weighted by atomic mass is 10.0. The lowest BCUT2D eigenvalue weighted by Crippen LogP contribution is -2.58. The molecule has 30 heavy (non-hydrogen) atoms. The number of nitrogens with one attached hydrogen (secondary N) is 2. The fourth-order valence-corrected chi connectivity index (χ4v) is 3.21. The maximum atomic E-state index is 13.0. The van der Waals surface area contributed by atoms with Crippen LogP contribution in [0.5, 0.6) is 0 Å². The third kappa shape index (κ3) is 6.68. The van der Waals surface area contributed by atoms with Gasteiger partial charge < -0.3 is 31.5 Å². The van der Waals surface area contributed by atoms with Crippen LogP contribution in [0.25, 0.3) is 0 Å². The van der Waals surface area contributed by atoms with Gasteiger partial charge in [-0.2, -0.15) is 0 Å². The van der Waals surface area contributed by atoms with E-state index in [9.17, 15) is 29.1 Å². The molecule has 3 amide bonds. The van der Waals surface area contributed by atoms with E-state index in [1.54, 1.807) is 27.7 Å². The second-order valence-corrected chi connectivity index (χ2v) is 8.19. The lowest BCUT2D eigenvalue weighted by Gasteiger charge is -2.30. The van der Waals surface area contributed by atoms with Crippen molar-refractivity contribution >= 4 is 29.7 Å². The predicted molar refractivity (Wildman–Crippen MR) is 106 cm³/mol. The van der Waals surface area contributed by atoms with Gasteiger partial charge in [0.25, 0.3) is 0 Å². The zero-order valence-corrected chi connectivity index (χ0v) is 17.8. The number of nitrogens with zero attached hydrogens (tertiary/aromatic N) is 1. The minimum atomic E-state index is -1.38. The summed E-state index contributed by atoms with van der Waals surface area (Å²) in [5, 5.41) is 23.2. The minimum Gasteiger partial charge on any atom is -0.481 e. The summed E-state index contributed by atoms with van der Waals surface area (Å²) in [6.07, 6.45) is 0.133. The fourth-order valence-electron chi connectivity index (χ4n) is 3.21. The standard InChI is InChI=1S/C19H32N4O7/c1-9(2)14(20)17(27)21-11(8-13(24)25)18(28)23-7-5-6-12(23)16(26)22-15(10(3)4)19(29)30/h9-12,14-15H,5-8,20H2,1-4H3,(H,21,27)(H,22,26)(H,24,25)(H,29,30). The quantitative estimate of drug-likeness (QED) is 0.298. The highest BCUT2D eigenvalue weighted by molar-refractivity contribution is 5.96. The zero-order valence-electron chi connectivity index (χ0n) is 17.8. The SMILES string of the molecule is CC(C)C(N)C(=O)NC(CC(=O)O)C(=O)N1CCCC1C(=O)NC(C(=O)O)C(C)C. The normalized spacial score (nSPS) is 19.3. The smallest absolute Gasteiger partial charge is 0.326 e. The van der Waals surface area contributed by atoms with Crippen LogP contribution in [0.15, 0.2) is 0 Å². The summed E-state index contributed by atoms with van der Waals surface area (Å²) in [4.78, 5) is 61.7. The molecule has 1 heterocycles. The van der Waals surface area contributed by atoms with Crippen molar-refractivity contribution in [2.45, 2.75) is 71.1 Å². The minimum absolute atomic E-state index is 0.193. The van der Waals surface area contributed by atoms with E-state index in [0.29, 0.717) is 12.8 Å². The monoisotopic (exact) mass is 428 g/mol. The van der Waals surface area contributed by atoms with Crippen molar-refractivity contribution in [3.63, 3.8) is 0 Å². The van der Waals surface area contributed by atoms with Gasteiger partial charge in [0.2, 0.25) is 17.7 Å². The maximum absolute atomic E-state index is 13.0. The number of carbonyl (C=O) groups is 5. The number of carbonyl (C=O) groups excluding carboxylic acids is 3. The second kappa shape index (κ2) is 10.9. The average molecular weight is 428 g/mol. The summed E-state index contributed by atoms with van der Waals surface area (Å²) in [6, 6.07) is -4.36. The average Bonchev–Trinajstić information content (AvgIpc) is 3.12. The number of nitrogens with two attached hydrogens (primary N) is 1. The van der Waals surface area contributed by atoms with Gasteiger partial charge in [-0.3, -0.25) is 19.2 Å². The molecule has 0 aromatic heterocycles. The fraction of sp³-hybridized carbons (Fsp3) is 0.737. The summed E-state index contributed by atoms with van der Waals surface area (Å²) >= 11 is 0. The Morgan fingerprint density at radius 3 is 2.10 bits per heavy atom. The van der Waals surface area contributed by atoms with Crippen LogP contribution in [0.1, 0.15) is 47.0 Å². The van der Waals surface area contributed by atoms with E-state index >= 15 is 0 Å². The molecule has 1 aliphatic heterocycles. The molecule has 0 radical (unpaired) electrons. The number of hydrogen-bond acceptors (Lipinski definition) is 6. The molecule has 170 valence electrons. The van der Waals surface area contributed by atoms with Gasteiger partial charge in [-0.1, -0.05) is 27.7 Å². The highest BCUT2D eigenvalue weighted by Crippen LogP contribution is 2.20. The van der Waals surface area contributed by atoms with E-state index in [2.05, 4.69) is 10.6 Å². The van der Waals surface area contributed by atoms with E-state index in [-0.39, 0.29) is 18.4 Å². The summed E-state index contributed by atoms with van der Waals surface area (Å²) in [5.41, 5.74) is 5.78. The molecule has 0 saturated carbocycles. The van der Waals surface area contributed by atoms with Gasteiger partial charge in [0.15, 0.2) is 0 Å². The van der Waals surface area contributed by atoms with Gasteiger partial charge in [0.1, 0.15) is 18.1 Å². The molecule has 0 aliphatic carbocycles. The van der Waals surface area contributed by atoms with Crippen molar-refractivity contribution < 1.29 is 34.2 Å². The van der Waals surface area contributed by atoms with Crippen LogP contribution in [0.2, 0.25) is 0 Å². The van der Waals surface area contributed by atoms with E-state index in [4.69, 9.17) is 10.8 Å². The molecule has 0 spiro atoms. The highest BCUT2D eigenvalue weighted by Gasteiger charge is 2.40. The highest BCUT2D eigenvalue weighted by atomic mass is 16.4. The van der Waals surface area contributed by atoms with Gasteiger partial charge in [-0.05, 0) is 24.7 Å². The Morgan fingerprint density at radius 2 is 1.63 bits per heavy atom. The zero-order chi connectivity index (χ0) is 23.2. The molecule has 0 aromatic rings. The Morgan fingerprint density at radius 1 is 1.03 bits per heavy atom. The molecule has 0 bridgehead atoms. The molecule has 4 atom stereocenters. The predicted octanol–water partition coefficient (Wildman–Crippen LogP) is -0.854. The maximum Gasteiger partial charge on any atom is 0.326 e. The Labute approximate surface area is 175 Å². The largest absolute Gasteiger partial charge is 0.481 e. The van der Waals surface area contributed by atoms with Gasteiger partial charge in [0, 0.05) is 6.54 Å². The number of rotatable bonds is 10. The summed E-state index contributed by atoms with van der Waals surface area (Å²) in [5.74, 6) is -5.06. The first kappa shape index (κ1) is 25.3. The van der Waals surface area contributed by atoms with Crippen LogP contribution in [-0.4, -0.2) is 75.5 Å². The number of carboxylic acid groups (broad SMARTS) is 2. The topological polar surface area (TPSA) is 179 Å². The Balaban J connectivity index is 2.99. The molecule has 0 aromatic carbocycles. The van der Waals surface area contributed by atoms with E-state index in [1.807, 2.05) is 0 Å². The van der Waals surface area contributed by atoms with Crippen molar-refractivity contribution in [3.8, 4) is 0 Å². The third-order valence-electron chi connectivity index (χ3n) is 5.08. The molecule has 11 heteroatoms. The van der Waals surface area contributed by atoms with E-state index < -0.39 is 60.2 Å². The number of likely N-dealkylation sites (tertiary alicyclic amines) is 1. The molecule has 1 aliphatic rings. The Hall–Kier alpha value is -2.69. The van der Waals surface area contributed by atoms with Crippen molar-refractivity contribution in [2.24, 2.45) is 17.6 Å². The number of aliphatic carboxylic acids is 2. The third-order valence-corrected chi connectivity index (χ3v) is 5.08. The Kier molecular flexibility index (Phi) is 9.22. The van der Waals surface area contributed by atoms with Crippen LogP contribution in [0, 0.1) is 11.8 Å². The first-order valence-electron chi connectivity index (χ1n) is 9.98. The molecule has 11 nitrogen and oxygen atoms in total. The van der Waals surface area contributed by atoms with E-state index in [0.717, 1.165) is 0 Å². The molecule has 6 N–H and O–H groups in total.